The molecule has 1 saturated heterocycles. The van der Waals surface area contributed by atoms with Gasteiger partial charge in [-0.25, -0.2) is 13.8 Å². The summed E-state index contributed by atoms with van der Waals surface area (Å²) in [7, 11) is 0.131. The minimum absolute atomic E-state index is 0.00449. The predicted molar refractivity (Wildman–Crippen MR) is 180 cm³/mol. The molecule has 0 unspecified atom stereocenters. The van der Waals surface area contributed by atoms with Crippen molar-refractivity contribution in [3.8, 4) is 5.75 Å². The van der Waals surface area contributed by atoms with Crippen LogP contribution in [0.2, 0.25) is 25.7 Å². The summed E-state index contributed by atoms with van der Waals surface area (Å²) in [5.74, 6) is -0.758. The van der Waals surface area contributed by atoms with E-state index in [0.29, 0.717) is 50.0 Å². The van der Waals surface area contributed by atoms with Crippen molar-refractivity contribution in [2.75, 3.05) is 49.8 Å². The quantitative estimate of drug-likeness (QED) is 0.0799. The van der Waals surface area contributed by atoms with E-state index in [0.717, 1.165) is 23.9 Å². The first kappa shape index (κ1) is 35.5. The molecule has 50 heavy (non-hydrogen) atoms. The van der Waals surface area contributed by atoms with Crippen LogP contribution in [0, 0.1) is 11.6 Å². The van der Waals surface area contributed by atoms with Gasteiger partial charge in [-0.1, -0.05) is 31.8 Å². The lowest BCUT2D eigenvalue weighted by Crippen LogP contribution is -2.38. The van der Waals surface area contributed by atoms with Gasteiger partial charge in [-0.2, -0.15) is 32.8 Å². The lowest BCUT2D eigenvalue weighted by atomic mass is 10.2. The normalized spacial score (nSPS) is 14.2. The number of imidazole rings is 1. The zero-order chi connectivity index (χ0) is 35.6. The van der Waals surface area contributed by atoms with E-state index in [2.05, 4.69) is 34.7 Å². The van der Waals surface area contributed by atoms with Crippen LogP contribution in [0.15, 0.2) is 42.6 Å². The number of ether oxygens (including phenoxy) is 3. The van der Waals surface area contributed by atoms with Crippen LogP contribution in [0.3, 0.4) is 0 Å². The fraction of sp³-hybridized carbons (Fsp3) is 0.455. The summed E-state index contributed by atoms with van der Waals surface area (Å²) >= 11 is 0. The van der Waals surface area contributed by atoms with Crippen LogP contribution in [-0.4, -0.2) is 83.4 Å². The summed E-state index contributed by atoms with van der Waals surface area (Å²) in [4.78, 5) is 17.6. The molecule has 6 rings (SSSR count). The first-order valence-electron chi connectivity index (χ1n) is 16.2. The van der Waals surface area contributed by atoms with Crippen molar-refractivity contribution in [3.63, 3.8) is 0 Å². The minimum Gasteiger partial charge on any atom is -0.497 e. The van der Waals surface area contributed by atoms with E-state index in [4.69, 9.17) is 19.2 Å². The highest BCUT2D eigenvalue weighted by Crippen LogP contribution is 2.30. The van der Waals surface area contributed by atoms with Crippen molar-refractivity contribution in [1.29, 1.82) is 0 Å². The first-order chi connectivity index (χ1) is 23.8. The molecule has 0 atom stereocenters. The van der Waals surface area contributed by atoms with Gasteiger partial charge in [0.1, 0.15) is 23.8 Å². The highest BCUT2D eigenvalue weighted by atomic mass is 28.3. The third kappa shape index (κ3) is 8.16. The van der Waals surface area contributed by atoms with Gasteiger partial charge in [0.2, 0.25) is 11.9 Å². The molecule has 0 radical (unpaired) electrons. The van der Waals surface area contributed by atoms with Crippen LogP contribution in [0.1, 0.15) is 17.0 Å². The van der Waals surface area contributed by atoms with E-state index in [1.807, 2.05) is 17.0 Å². The van der Waals surface area contributed by atoms with Crippen LogP contribution in [0.5, 0.6) is 5.75 Å². The van der Waals surface area contributed by atoms with Crippen molar-refractivity contribution in [2.24, 2.45) is 0 Å². The van der Waals surface area contributed by atoms with Crippen LogP contribution in [0.25, 0.3) is 16.7 Å². The van der Waals surface area contributed by atoms with E-state index in [1.54, 1.807) is 28.7 Å². The summed E-state index contributed by atoms with van der Waals surface area (Å²) < 4.78 is 90.5. The van der Waals surface area contributed by atoms with Gasteiger partial charge >= 0.3 is 6.18 Å². The fourth-order valence-corrected chi connectivity index (χ4v) is 6.41. The number of nitrogens with zero attached hydrogens (tertiary/aromatic N) is 8. The highest BCUT2D eigenvalue weighted by molar-refractivity contribution is 6.76. The number of morpholine rings is 1. The number of halogens is 5. The van der Waals surface area contributed by atoms with E-state index >= 15 is 4.39 Å². The molecule has 0 N–H and O–H groups in total. The second-order valence-corrected chi connectivity index (χ2v) is 19.0. The minimum atomic E-state index is -4.50. The topological polar surface area (TPSA) is 95.1 Å². The second kappa shape index (κ2) is 14.5. The number of hydrogen-bond donors (Lipinski definition) is 0. The standard InChI is InChI=1S/C33H39F5N8O3Si/c1-47-24-7-5-22(6-8-24)19-44(20-27-40-29-26(10-9-25(34)28(29)35)45(27)21-49-15-16-50(2,3)4)32-42-31(43-11-13-48-14-12-43)41-30-23(17-33(36,37)38)18-39-46(30)32/h5-10,18H,11-17,19-21H2,1-4H3. The van der Waals surface area contributed by atoms with E-state index in [1.165, 1.54) is 10.6 Å². The predicted octanol–water partition coefficient (Wildman–Crippen LogP) is 6.22. The molecule has 3 aromatic heterocycles. The molecule has 11 nitrogen and oxygen atoms in total. The monoisotopic (exact) mass is 718 g/mol. The molecular weight excluding hydrogens is 679 g/mol. The molecule has 0 saturated carbocycles. The molecule has 4 heterocycles. The zero-order valence-corrected chi connectivity index (χ0v) is 29.3. The van der Waals surface area contributed by atoms with E-state index in [9.17, 15) is 17.6 Å². The average molecular weight is 719 g/mol. The Labute approximate surface area is 286 Å². The van der Waals surface area contributed by atoms with Crippen LogP contribution in [0.4, 0.5) is 33.8 Å². The Balaban J connectivity index is 1.48. The van der Waals surface area contributed by atoms with Gasteiger partial charge in [0, 0.05) is 39.9 Å². The molecule has 0 spiro atoms. The van der Waals surface area contributed by atoms with Crippen molar-refractivity contribution in [1.82, 2.24) is 29.1 Å². The Bertz CT molecular complexity index is 1940. The van der Waals surface area contributed by atoms with Gasteiger partial charge in [-0.05, 0) is 35.9 Å². The molecule has 0 amide bonds. The van der Waals surface area contributed by atoms with Gasteiger partial charge in [0.05, 0.1) is 45.0 Å². The van der Waals surface area contributed by atoms with Crippen LogP contribution >= 0.6 is 0 Å². The van der Waals surface area contributed by atoms with E-state index in [-0.39, 0.29) is 48.4 Å². The summed E-state index contributed by atoms with van der Waals surface area (Å²) in [5, 5.41) is 4.32. The SMILES string of the molecule is COc1ccc(CN(Cc2nc3c(F)c(F)ccc3n2COCC[Si](C)(C)C)c2nc(N3CCOCC3)nc3c(CC(F)(F)F)cnn23)cc1. The number of methoxy groups -OCH3 is 1. The molecule has 1 fully saturated rings. The van der Waals surface area contributed by atoms with Crippen molar-refractivity contribution < 1.29 is 36.2 Å². The van der Waals surface area contributed by atoms with Crippen molar-refractivity contribution in [3.05, 3.63) is 71.2 Å². The maximum atomic E-state index is 15.2. The Morgan fingerprint density at radius 3 is 2.38 bits per heavy atom. The summed E-state index contributed by atoms with van der Waals surface area (Å²) in [6, 6.07) is 10.7. The van der Waals surface area contributed by atoms with Gasteiger partial charge in [0.25, 0.3) is 0 Å². The molecule has 5 aromatic rings. The number of aromatic nitrogens is 6. The smallest absolute Gasteiger partial charge is 0.393 e. The molecule has 0 aliphatic carbocycles. The maximum absolute atomic E-state index is 15.2. The Hall–Kier alpha value is -4.35. The molecular formula is C33H39F5N8O3Si. The lowest BCUT2D eigenvalue weighted by molar-refractivity contribution is -0.127. The van der Waals surface area contributed by atoms with Crippen LogP contribution < -0.4 is 14.5 Å². The number of alkyl halides is 3. The van der Waals surface area contributed by atoms with Gasteiger partial charge in [-0.15, -0.1) is 0 Å². The van der Waals surface area contributed by atoms with Crippen molar-refractivity contribution in [2.45, 2.75) is 58.1 Å². The van der Waals surface area contributed by atoms with Crippen molar-refractivity contribution >= 4 is 36.7 Å². The number of hydrogen-bond acceptors (Lipinski definition) is 9. The van der Waals surface area contributed by atoms with Gasteiger partial charge in [0.15, 0.2) is 17.3 Å². The molecule has 17 heteroatoms. The number of anilines is 2. The molecule has 268 valence electrons. The maximum Gasteiger partial charge on any atom is 0.393 e. The Kier molecular flexibility index (Phi) is 10.3. The van der Waals surface area contributed by atoms with Gasteiger partial charge < -0.3 is 28.6 Å². The summed E-state index contributed by atoms with van der Waals surface area (Å²) in [6.45, 7) is 9.01. The van der Waals surface area contributed by atoms with Gasteiger partial charge in [-0.3, -0.25) is 0 Å². The van der Waals surface area contributed by atoms with E-state index < -0.39 is 32.3 Å². The third-order valence-electron chi connectivity index (χ3n) is 8.35. The molecule has 1 aliphatic heterocycles. The largest absolute Gasteiger partial charge is 0.497 e. The summed E-state index contributed by atoms with van der Waals surface area (Å²) in [6.07, 6.45) is -4.59. The third-order valence-corrected chi connectivity index (χ3v) is 10.1. The summed E-state index contributed by atoms with van der Waals surface area (Å²) in [5.41, 5.74) is 0.876. The highest BCUT2D eigenvalue weighted by Gasteiger charge is 2.32. The average Bonchev–Trinajstić information content (AvgIpc) is 3.64. The first-order valence-corrected chi connectivity index (χ1v) is 19.9. The molecule has 0 bridgehead atoms. The Morgan fingerprint density at radius 1 is 0.960 bits per heavy atom. The lowest BCUT2D eigenvalue weighted by Gasteiger charge is -2.29. The number of rotatable bonds is 13. The Morgan fingerprint density at radius 2 is 1.70 bits per heavy atom. The van der Waals surface area contributed by atoms with Crippen LogP contribution in [-0.2, 0) is 35.7 Å². The second-order valence-electron chi connectivity index (χ2n) is 13.4. The molecule has 1 aliphatic rings. The molecule has 2 aromatic carbocycles. The number of fused-ring (bicyclic) bond motifs is 2. The fourth-order valence-electron chi connectivity index (χ4n) is 5.65. The number of benzene rings is 2. The zero-order valence-electron chi connectivity index (χ0n) is 28.3.